The molecule has 0 radical (unpaired) electrons. The van der Waals surface area contributed by atoms with Gasteiger partial charge in [0.1, 0.15) is 23.9 Å². The highest BCUT2D eigenvalue weighted by Crippen LogP contribution is 2.35. The highest BCUT2D eigenvalue weighted by Gasteiger charge is 2.21. The van der Waals surface area contributed by atoms with Gasteiger partial charge in [0.15, 0.2) is 0 Å². The summed E-state index contributed by atoms with van der Waals surface area (Å²) in [5, 5.41) is 3.48. The van der Waals surface area contributed by atoms with Crippen LogP contribution < -0.4 is 19.5 Å². The standard InChI is InChI=1S/C19H23NO3/c1-21-17-7-8-19-18(13-17)15(9-11-23-19)14-20-10-12-22-16-5-3-2-4-6-16/h2-8,13,15,20H,9-12,14H2,1H3. The second-order valence-corrected chi connectivity index (χ2v) is 5.60. The van der Waals surface area contributed by atoms with Crippen LogP contribution in [0.1, 0.15) is 17.9 Å². The maximum Gasteiger partial charge on any atom is 0.123 e. The van der Waals surface area contributed by atoms with E-state index in [0.29, 0.717) is 12.5 Å². The fourth-order valence-electron chi connectivity index (χ4n) is 2.82. The third-order valence-electron chi connectivity index (χ3n) is 4.06. The first-order valence-corrected chi connectivity index (χ1v) is 8.06. The SMILES string of the molecule is COc1ccc2c(c1)C(CNCCOc1ccccc1)CCO2. The lowest BCUT2D eigenvalue weighted by atomic mass is 9.93. The average molecular weight is 313 g/mol. The molecule has 1 aliphatic heterocycles. The van der Waals surface area contributed by atoms with Gasteiger partial charge in [-0.1, -0.05) is 18.2 Å². The van der Waals surface area contributed by atoms with Gasteiger partial charge >= 0.3 is 0 Å². The first kappa shape index (κ1) is 15.7. The third kappa shape index (κ3) is 4.17. The Kier molecular flexibility index (Phi) is 5.37. The molecule has 4 heteroatoms. The van der Waals surface area contributed by atoms with Crippen molar-refractivity contribution in [3.63, 3.8) is 0 Å². The molecule has 0 aromatic heterocycles. The molecule has 0 aliphatic carbocycles. The molecule has 0 fully saturated rings. The molecule has 1 N–H and O–H groups in total. The van der Waals surface area contributed by atoms with E-state index in [4.69, 9.17) is 14.2 Å². The van der Waals surface area contributed by atoms with E-state index in [1.807, 2.05) is 42.5 Å². The minimum Gasteiger partial charge on any atom is -0.497 e. The second-order valence-electron chi connectivity index (χ2n) is 5.60. The van der Waals surface area contributed by atoms with Gasteiger partial charge in [-0.05, 0) is 36.8 Å². The van der Waals surface area contributed by atoms with Crippen LogP contribution in [-0.2, 0) is 0 Å². The Bertz CT molecular complexity index is 615. The Morgan fingerprint density at radius 3 is 2.83 bits per heavy atom. The lowest BCUT2D eigenvalue weighted by Gasteiger charge is -2.26. The first-order chi connectivity index (χ1) is 11.4. The van der Waals surface area contributed by atoms with Gasteiger partial charge in [-0.25, -0.2) is 0 Å². The van der Waals surface area contributed by atoms with Crippen molar-refractivity contribution in [1.29, 1.82) is 0 Å². The summed E-state index contributed by atoms with van der Waals surface area (Å²) >= 11 is 0. The molecular weight excluding hydrogens is 290 g/mol. The van der Waals surface area contributed by atoms with Gasteiger partial charge < -0.3 is 19.5 Å². The molecular formula is C19H23NO3. The smallest absolute Gasteiger partial charge is 0.123 e. The lowest BCUT2D eigenvalue weighted by molar-refractivity contribution is 0.260. The Labute approximate surface area is 137 Å². The molecule has 0 saturated heterocycles. The van der Waals surface area contributed by atoms with Crippen molar-refractivity contribution >= 4 is 0 Å². The fraction of sp³-hybridized carbons (Fsp3) is 0.368. The number of methoxy groups -OCH3 is 1. The van der Waals surface area contributed by atoms with Crippen molar-refractivity contribution in [3.8, 4) is 17.2 Å². The Hall–Kier alpha value is -2.20. The fourth-order valence-corrected chi connectivity index (χ4v) is 2.82. The van der Waals surface area contributed by atoms with Crippen molar-refractivity contribution in [2.75, 3.05) is 33.4 Å². The quantitative estimate of drug-likeness (QED) is 0.797. The van der Waals surface area contributed by atoms with E-state index in [1.165, 1.54) is 5.56 Å². The number of benzene rings is 2. The summed E-state index contributed by atoms with van der Waals surface area (Å²) < 4.78 is 16.7. The van der Waals surface area contributed by atoms with Gasteiger partial charge in [-0.2, -0.15) is 0 Å². The molecule has 0 saturated carbocycles. The van der Waals surface area contributed by atoms with Gasteiger partial charge in [0, 0.05) is 24.6 Å². The highest BCUT2D eigenvalue weighted by atomic mass is 16.5. The number of para-hydroxylation sites is 1. The van der Waals surface area contributed by atoms with E-state index < -0.39 is 0 Å². The van der Waals surface area contributed by atoms with Crippen molar-refractivity contribution in [1.82, 2.24) is 5.32 Å². The van der Waals surface area contributed by atoms with Gasteiger partial charge in [-0.3, -0.25) is 0 Å². The average Bonchev–Trinajstić information content (AvgIpc) is 2.62. The molecule has 3 rings (SSSR count). The number of nitrogens with one attached hydrogen (secondary N) is 1. The molecule has 0 amide bonds. The van der Waals surface area contributed by atoms with Crippen LogP contribution in [0.15, 0.2) is 48.5 Å². The Morgan fingerprint density at radius 1 is 1.13 bits per heavy atom. The number of ether oxygens (including phenoxy) is 3. The molecule has 0 bridgehead atoms. The molecule has 2 aromatic carbocycles. The van der Waals surface area contributed by atoms with E-state index in [2.05, 4.69) is 11.4 Å². The van der Waals surface area contributed by atoms with Crippen LogP contribution in [0.25, 0.3) is 0 Å². The summed E-state index contributed by atoms with van der Waals surface area (Å²) in [7, 11) is 1.69. The van der Waals surface area contributed by atoms with Crippen LogP contribution >= 0.6 is 0 Å². The normalized spacial score (nSPS) is 16.3. The van der Waals surface area contributed by atoms with Crippen molar-refractivity contribution in [2.24, 2.45) is 0 Å². The summed E-state index contributed by atoms with van der Waals surface area (Å²) in [5.41, 5.74) is 1.23. The van der Waals surface area contributed by atoms with Gasteiger partial charge in [0.25, 0.3) is 0 Å². The lowest BCUT2D eigenvalue weighted by Crippen LogP contribution is -2.29. The number of hydrogen-bond donors (Lipinski definition) is 1. The highest BCUT2D eigenvalue weighted by molar-refractivity contribution is 5.43. The largest absolute Gasteiger partial charge is 0.497 e. The molecule has 122 valence electrons. The molecule has 1 unspecified atom stereocenters. The summed E-state index contributed by atoms with van der Waals surface area (Å²) in [6, 6.07) is 15.9. The summed E-state index contributed by atoms with van der Waals surface area (Å²) in [6.45, 7) is 3.18. The van der Waals surface area contributed by atoms with Crippen LogP contribution in [-0.4, -0.2) is 33.4 Å². The van der Waals surface area contributed by atoms with Crippen LogP contribution in [0.5, 0.6) is 17.2 Å². The predicted molar refractivity (Wildman–Crippen MR) is 90.7 cm³/mol. The van der Waals surface area contributed by atoms with E-state index in [0.717, 1.165) is 43.4 Å². The van der Waals surface area contributed by atoms with Crippen LogP contribution in [0.4, 0.5) is 0 Å². The molecule has 1 atom stereocenters. The third-order valence-corrected chi connectivity index (χ3v) is 4.06. The molecule has 2 aromatic rings. The number of hydrogen-bond acceptors (Lipinski definition) is 4. The summed E-state index contributed by atoms with van der Waals surface area (Å²) in [5.74, 6) is 3.22. The molecule has 1 aliphatic rings. The zero-order valence-electron chi connectivity index (χ0n) is 13.5. The second kappa shape index (κ2) is 7.88. The zero-order valence-corrected chi connectivity index (χ0v) is 13.5. The Morgan fingerprint density at radius 2 is 2.00 bits per heavy atom. The minimum atomic E-state index is 0.450. The number of fused-ring (bicyclic) bond motifs is 1. The van der Waals surface area contributed by atoms with E-state index >= 15 is 0 Å². The maximum absolute atomic E-state index is 5.73. The summed E-state index contributed by atoms with van der Waals surface area (Å²) in [4.78, 5) is 0. The van der Waals surface area contributed by atoms with E-state index in [-0.39, 0.29) is 0 Å². The van der Waals surface area contributed by atoms with E-state index in [1.54, 1.807) is 7.11 Å². The summed E-state index contributed by atoms with van der Waals surface area (Å²) in [6.07, 6.45) is 1.02. The molecule has 0 spiro atoms. The topological polar surface area (TPSA) is 39.7 Å². The van der Waals surface area contributed by atoms with Crippen LogP contribution in [0.3, 0.4) is 0 Å². The van der Waals surface area contributed by atoms with Crippen LogP contribution in [0.2, 0.25) is 0 Å². The predicted octanol–water partition coefficient (Wildman–Crippen LogP) is 3.23. The van der Waals surface area contributed by atoms with Gasteiger partial charge in [0.05, 0.1) is 13.7 Å². The Balaban J connectivity index is 1.48. The van der Waals surface area contributed by atoms with E-state index in [9.17, 15) is 0 Å². The van der Waals surface area contributed by atoms with Gasteiger partial charge in [0.2, 0.25) is 0 Å². The van der Waals surface area contributed by atoms with Crippen molar-refractivity contribution < 1.29 is 14.2 Å². The first-order valence-electron chi connectivity index (χ1n) is 8.06. The molecule has 23 heavy (non-hydrogen) atoms. The van der Waals surface area contributed by atoms with Crippen molar-refractivity contribution in [2.45, 2.75) is 12.3 Å². The molecule has 1 heterocycles. The monoisotopic (exact) mass is 313 g/mol. The van der Waals surface area contributed by atoms with Gasteiger partial charge in [-0.15, -0.1) is 0 Å². The number of rotatable bonds is 7. The zero-order chi connectivity index (χ0) is 15.9. The molecule has 4 nitrogen and oxygen atoms in total. The maximum atomic E-state index is 5.73. The van der Waals surface area contributed by atoms with Crippen LogP contribution in [0, 0.1) is 0 Å². The minimum absolute atomic E-state index is 0.450. The van der Waals surface area contributed by atoms with Crippen molar-refractivity contribution in [3.05, 3.63) is 54.1 Å².